The number of aliphatic carboxylic acids is 1. The molecule has 0 aromatic rings. The Morgan fingerprint density at radius 2 is 1.76 bits per heavy atom. The van der Waals surface area contributed by atoms with Gasteiger partial charge in [-0.15, -0.1) is 0 Å². The van der Waals surface area contributed by atoms with E-state index in [0.29, 0.717) is 18.8 Å². The van der Waals surface area contributed by atoms with Gasteiger partial charge in [0.15, 0.2) is 0 Å². The van der Waals surface area contributed by atoms with Crippen molar-refractivity contribution in [3.63, 3.8) is 0 Å². The molecule has 0 aliphatic carbocycles. The predicted octanol–water partition coefficient (Wildman–Crippen LogP) is 3.46. The molecule has 3 heteroatoms. The van der Waals surface area contributed by atoms with Crippen molar-refractivity contribution < 1.29 is 15.0 Å². The Kier molecular flexibility index (Phi) is 10.4. The lowest BCUT2D eigenvalue weighted by Gasteiger charge is -2.25. The van der Waals surface area contributed by atoms with Crippen LogP contribution in [0.1, 0.15) is 79.1 Å². The molecule has 0 saturated heterocycles. The molecule has 0 amide bonds. The Hall–Kier alpha value is -0.830. The van der Waals surface area contributed by atoms with Crippen molar-refractivity contribution >= 4 is 5.97 Å². The molecule has 21 heavy (non-hydrogen) atoms. The highest BCUT2D eigenvalue weighted by atomic mass is 16.4. The third-order valence-corrected chi connectivity index (χ3v) is 4.23. The highest BCUT2D eigenvalue weighted by molar-refractivity contribution is 5.66. The molecule has 0 radical (unpaired) electrons. The fourth-order valence-corrected chi connectivity index (χ4v) is 2.56. The maximum Gasteiger partial charge on any atom is 0.0619 e. The summed E-state index contributed by atoms with van der Waals surface area (Å²) in [6.45, 7) is 7.83. The quantitative estimate of drug-likeness (QED) is 0.561. The topological polar surface area (TPSA) is 60.4 Å². The molecule has 0 spiro atoms. The van der Waals surface area contributed by atoms with Crippen LogP contribution in [0.5, 0.6) is 0 Å². The highest BCUT2D eigenvalue weighted by Crippen LogP contribution is 2.24. The van der Waals surface area contributed by atoms with Crippen LogP contribution in [0.15, 0.2) is 12.2 Å². The van der Waals surface area contributed by atoms with Crippen LogP contribution in [-0.4, -0.2) is 16.7 Å². The number of carbonyl (C=O) groups excluding carboxylic acids is 1. The van der Waals surface area contributed by atoms with Gasteiger partial charge in [0.1, 0.15) is 0 Å². The fourth-order valence-electron chi connectivity index (χ4n) is 2.56. The van der Waals surface area contributed by atoms with Gasteiger partial charge in [-0.3, -0.25) is 0 Å². The van der Waals surface area contributed by atoms with Gasteiger partial charge in [-0.1, -0.05) is 38.8 Å². The zero-order valence-corrected chi connectivity index (χ0v) is 14.2. The molecule has 0 bridgehead atoms. The van der Waals surface area contributed by atoms with Crippen molar-refractivity contribution in [1.82, 2.24) is 0 Å². The minimum absolute atomic E-state index is 0.424. The molecule has 3 nitrogen and oxygen atoms in total. The standard InChI is InChI=1S/C18H34O3/c1-5-6-7-10-15(2)11-8-13-18(4,21)14-9-12-16(3)17(19)20/h5-6,15-16,21H,7-14H2,1-4H3,(H,19,20)/p-1/b6-5-. The average Bonchev–Trinajstić information content (AvgIpc) is 2.38. The van der Waals surface area contributed by atoms with E-state index in [9.17, 15) is 15.0 Å². The van der Waals surface area contributed by atoms with Crippen LogP contribution in [0.3, 0.4) is 0 Å². The minimum atomic E-state index is -0.996. The summed E-state index contributed by atoms with van der Waals surface area (Å²) >= 11 is 0. The minimum Gasteiger partial charge on any atom is -0.550 e. The monoisotopic (exact) mass is 297 g/mol. The molecule has 0 aromatic carbocycles. The van der Waals surface area contributed by atoms with Gasteiger partial charge in [0.05, 0.1) is 5.60 Å². The van der Waals surface area contributed by atoms with Gasteiger partial charge in [0.25, 0.3) is 0 Å². The van der Waals surface area contributed by atoms with Crippen molar-refractivity contribution in [1.29, 1.82) is 0 Å². The average molecular weight is 297 g/mol. The van der Waals surface area contributed by atoms with Gasteiger partial charge in [0.2, 0.25) is 0 Å². The number of carbonyl (C=O) groups is 1. The molecule has 0 aliphatic heterocycles. The first-order valence-electron chi connectivity index (χ1n) is 8.33. The van der Waals surface area contributed by atoms with Crippen molar-refractivity contribution in [2.75, 3.05) is 0 Å². The maximum atomic E-state index is 10.6. The van der Waals surface area contributed by atoms with E-state index in [0.717, 1.165) is 32.1 Å². The lowest BCUT2D eigenvalue weighted by atomic mass is 9.89. The van der Waals surface area contributed by atoms with E-state index >= 15 is 0 Å². The van der Waals surface area contributed by atoms with Crippen LogP contribution >= 0.6 is 0 Å². The highest BCUT2D eigenvalue weighted by Gasteiger charge is 2.20. The van der Waals surface area contributed by atoms with Crippen LogP contribution < -0.4 is 5.11 Å². The fraction of sp³-hybridized carbons (Fsp3) is 0.833. The smallest absolute Gasteiger partial charge is 0.0619 e. The first-order valence-corrected chi connectivity index (χ1v) is 8.33. The number of rotatable bonds is 12. The van der Waals surface area contributed by atoms with Gasteiger partial charge in [0, 0.05) is 5.97 Å². The van der Waals surface area contributed by atoms with E-state index in [1.807, 2.05) is 13.8 Å². The summed E-state index contributed by atoms with van der Waals surface area (Å²) in [6, 6.07) is 0. The molecule has 0 saturated carbocycles. The number of carboxylic acid groups (broad SMARTS) is 1. The summed E-state index contributed by atoms with van der Waals surface area (Å²) in [6.07, 6.45) is 11.6. The molecule has 0 fully saturated rings. The molecule has 124 valence electrons. The third kappa shape index (κ3) is 11.5. The Morgan fingerprint density at radius 1 is 1.19 bits per heavy atom. The van der Waals surface area contributed by atoms with Crippen LogP contribution in [0.25, 0.3) is 0 Å². The van der Waals surface area contributed by atoms with Gasteiger partial charge in [-0.25, -0.2) is 0 Å². The number of carboxylic acids is 1. The lowest BCUT2D eigenvalue weighted by molar-refractivity contribution is -0.311. The molecule has 0 heterocycles. The zero-order chi connectivity index (χ0) is 16.3. The van der Waals surface area contributed by atoms with Gasteiger partial charge < -0.3 is 15.0 Å². The Morgan fingerprint density at radius 3 is 2.29 bits per heavy atom. The zero-order valence-electron chi connectivity index (χ0n) is 14.2. The second-order valence-corrected chi connectivity index (χ2v) is 6.75. The molecule has 3 atom stereocenters. The van der Waals surface area contributed by atoms with Crippen LogP contribution in [-0.2, 0) is 4.79 Å². The predicted molar refractivity (Wildman–Crippen MR) is 85.7 cm³/mol. The van der Waals surface area contributed by atoms with E-state index in [-0.39, 0.29) is 0 Å². The molecule has 1 N–H and O–H groups in total. The van der Waals surface area contributed by atoms with Crippen LogP contribution in [0, 0.1) is 11.8 Å². The Balaban J connectivity index is 3.78. The van der Waals surface area contributed by atoms with Gasteiger partial charge in [-0.2, -0.15) is 0 Å². The summed E-state index contributed by atoms with van der Waals surface area (Å²) in [4.78, 5) is 10.6. The lowest BCUT2D eigenvalue weighted by Crippen LogP contribution is -2.30. The number of hydrogen-bond donors (Lipinski definition) is 1. The molecular weight excluding hydrogens is 264 g/mol. The largest absolute Gasteiger partial charge is 0.550 e. The first kappa shape index (κ1) is 20.2. The molecule has 0 aliphatic rings. The SMILES string of the molecule is C/C=C\CCC(C)CCCC(C)(O)CCCC(C)C(=O)[O-]. The molecular formula is C18H33O3-. The summed E-state index contributed by atoms with van der Waals surface area (Å²) in [7, 11) is 0. The van der Waals surface area contributed by atoms with Crippen LogP contribution in [0.2, 0.25) is 0 Å². The van der Waals surface area contributed by atoms with E-state index < -0.39 is 17.5 Å². The Bertz CT molecular complexity index is 308. The van der Waals surface area contributed by atoms with Gasteiger partial charge >= 0.3 is 0 Å². The Labute approximate surface area is 130 Å². The van der Waals surface area contributed by atoms with Crippen LogP contribution in [0.4, 0.5) is 0 Å². The van der Waals surface area contributed by atoms with E-state index in [1.54, 1.807) is 6.92 Å². The number of aliphatic hydroxyl groups is 1. The van der Waals surface area contributed by atoms with Crippen molar-refractivity contribution in [3.05, 3.63) is 12.2 Å². The normalized spacial score (nSPS) is 17.6. The van der Waals surface area contributed by atoms with E-state index in [4.69, 9.17) is 0 Å². The summed E-state index contributed by atoms with van der Waals surface area (Å²) in [5, 5.41) is 21.0. The maximum absolute atomic E-state index is 10.6. The summed E-state index contributed by atoms with van der Waals surface area (Å²) < 4.78 is 0. The molecule has 3 unspecified atom stereocenters. The van der Waals surface area contributed by atoms with E-state index in [2.05, 4.69) is 19.1 Å². The summed E-state index contributed by atoms with van der Waals surface area (Å²) in [5.74, 6) is -0.729. The first-order chi connectivity index (χ1) is 9.78. The second-order valence-electron chi connectivity index (χ2n) is 6.75. The van der Waals surface area contributed by atoms with Crippen molar-refractivity contribution in [3.8, 4) is 0 Å². The number of hydrogen-bond acceptors (Lipinski definition) is 3. The second kappa shape index (κ2) is 10.8. The van der Waals surface area contributed by atoms with Gasteiger partial charge in [-0.05, 0) is 64.2 Å². The van der Waals surface area contributed by atoms with Crippen molar-refractivity contribution in [2.24, 2.45) is 11.8 Å². The number of allylic oxidation sites excluding steroid dienone is 2. The third-order valence-electron chi connectivity index (χ3n) is 4.23. The molecule has 0 aromatic heterocycles. The van der Waals surface area contributed by atoms with Crippen molar-refractivity contribution in [2.45, 2.75) is 84.7 Å². The van der Waals surface area contributed by atoms with E-state index in [1.165, 1.54) is 6.42 Å². The summed E-state index contributed by atoms with van der Waals surface area (Å²) in [5.41, 5.74) is -0.672. The molecule has 0 rings (SSSR count).